The molecule has 3 rings (SSSR count). The highest BCUT2D eigenvalue weighted by molar-refractivity contribution is 5.89. The molecule has 1 saturated heterocycles. The van der Waals surface area contributed by atoms with Gasteiger partial charge in [0.05, 0.1) is 17.9 Å². The average molecular weight is 303 g/mol. The summed E-state index contributed by atoms with van der Waals surface area (Å²) in [5, 5.41) is 11.9. The molecule has 0 unspecified atom stereocenters. The molecule has 22 heavy (non-hydrogen) atoms. The molecule has 0 bridgehead atoms. The van der Waals surface area contributed by atoms with Crippen molar-refractivity contribution in [2.75, 3.05) is 6.61 Å². The Kier molecular flexibility index (Phi) is 4.16. The first-order valence-corrected chi connectivity index (χ1v) is 7.77. The SMILES string of the molecule is Cc1ccc([C@@H]2OCCC[C@@H]2NC(=O)[C@@H]2C[C@@H]2C(=O)O)cc1. The zero-order valence-corrected chi connectivity index (χ0v) is 12.6. The number of hydrogen-bond acceptors (Lipinski definition) is 3. The molecule has 1 aliphatic heterocycles. The second-order valence-corrected chi connectivity index (χ2v) is 6.25. The van der Waals surface area contributed by atoms with E-state index in [1.54, 1.807) is 0 Å². The quantitative estimate of drug-likeness (QED) is 0.892. The van der Waals surface area contributed by atoms with Crippen molar-refractivity contribution in [2.24, 2.45) is 11.8 Å². The molecule has 5 heteroatoms. The van der Waals surface area contributed by atoms with Crippen LogP contribution in [0.15, 0.2) is 24.3 Å². The molecule has 2 N–H and O–H groups in total. The van der Waals surface area contributed by atoms with Gasteiger partial charge in [-0.25, -0.2) is 0 Å². The number of rotatable bonds is 4. The molecule has 1 heterocycles. The Hall–Kier alpha value is -1.88. The number of hydrogen-bond donors (Lipinski definition) is 2. The van der Waals surface area contributed by atoms with E-state index in [4.69, 9.17) is 9.84 Å². The Morgan fingerprint density at radius 3 is 2.59 bits per heavy atom. The zero-order chi connectivity index (χ0) is 15.7. The van der Waals surface area contributed by atoms with Gasteiger partial charge in [-0.2, -0.15) is 0 Å². The Balaban J connectivity index is 1.67. The second-order valence-electron chi connectivity index (χ2n) is 6.25. The summed E-state index contributed by atoms with van der Waals surface area (Å²) in [6.45, 7) is 2.72. The Labute approximate surface area is 129 Å². The van der Waals surface area contributed by atoms with E-state index in [0.29, 0.717) is 13.0 Å². The van der Waals surface area contributed by atoms with Crippen molar-refractivity contribution < 1.29 is 19.4 Å². The maximum Gasteiger partial charge on any atom is 0.307 e. The van der Waals surface area contributed by atoms with Crippen LogP contribution < -0.4 is 5.32 Å². The van der Waals surface area contributed by atoms with Crippen LogP contribution in [0.4, 0.5) is 0 Å². The monoisotopic (exact) mass is 303 g/mol. The van der Waals surface area contributed by atoms with Crippen LogP contribution in [0.3, 0.4) is 0 Å². The van der Waals surface area contributed by atoms with Crippen molar-refractivity contribution in [3.05, 3.63) is 35.4 Å². The van der Waals surface area contributed by atoms with Gasteiger partial charge in [0.2, 0.25) is 5.91 Å². The number of amides is 1. The lowest BCUT2D eigenvalue weighted by atomic mass is 9.95. The van der Waals surface area contributed by atoms with Gasteiger partial charge in [0, 0.05) is 6.61 Å². The fourth-order valence-corrected chi connectivity index (χ4v) is 3.06. The Morgan fingerprint density at radius 1 is 1.23 bits per heavy atom. The van der Waals surface area contributed by atoms with Crippen LogP contribution in [-0.2, 0) is 14.3 Å². The van der Waals surface area contributed by atoms with Crippen molar-refractivity contribution in [3.63, 3.8) is 0 Å². The van der Waals surface area contributed by atoms with Gasteiger partial charge >= 0.3 is 5.97 Å². The van der Waals surface area contributed by atoms with Gasteiger partial charge in [0.15, 0.2) is 0 Å². The molecule has 1 saturated carbocycles. The maximum atomic E-state index is 12.2. The smallest absolute Gasteiger partial charge is 0.307 e. The molecule has 1 aromatic rings. The first-order chi connectivity index (χ1) is 10.6. The topological polar surface area (TPSA) is 75.6 Å². The first-order valence-electron chi connectivity index (χ1n) is 7.77. The number of benzene rings is 1. The highest BCUT2D eigenvalue weighted by Gasteiger charge is 2.49. The normalized spacial score (nSPS) is 30.6. The van der Waals surface area contributed by atoms with Gasteiger partial charge < -0.3 is 15.2 Å². The van der Waals surface area contributed by atoms with Gasteiger partial charge in [0.1, 0.15) is 6.10 Å². The minimum atomic E-state index is -0.880. The number of carboxylic acid groups (broad SMARTS) is 1. The lowest BCUT2D eigenvalue weighted by molar-refractivity contribution is -0.140. The molecule has 1 aliphatic carbocycles. The number of nitrogens with one attached hydrogen (secondary N) is 1. The van der Waals surface area contributed by atoms with Crippen molar-refractivity contribution in [1.82, 2.24) is 5.32 Å². The minimum Gasteiger partial charge on any atom is -0.481 e. The van der Waals surface area contributed by atoms with Gasteiger partial charge in [-0.3, -0.25) is 9.59 Å². The molecule has 118 valence electrons. The molecule has 0 radical (unpaired) electrons. The molecule has 0 aromatic heterocycles. The third-order valence-corrected chi connectivity index (χ3v) is 4.50. The van der Waals surface area contributed by atoms with Crippen LogP contribution in [-0.4, -0.2) is 29.6 Å². The maximum absolute atomic E-state index is 12.2. The fourth-order valence-electron chi connectivity index (χ4n) is 3.06. The van der Waals surface area contributed by atoms with Crippen LogP contribution in [0.1, 0.15) is 36.5 Å². The molecule has 2 fully saturated rings. The van der Waals surface area contributed by atoms with Crippen LogP contribution in [0, 0.1) is 18.8 Å². The number of carboxylic acids is 1. The average Bonchev–Trinajstić information content (AvgIpc) is 3.29. The summed E-state index contributed by atoms with van der Waals surface area (Å²) in [5.74, 6) is -1.92. The largest absolute Gasteiger partial charge is 0.481 e. The van der Waals surface area contributed by atoms with Crippen LogP contribution in [0.5, 0.6) is 0 Å². The van der Waals surface area contributed by atoms with E-state index in [1.165, 1.54) is 5.56 Å². The Morgan fingerprint density at radius 2 is 1.95 bits per heavy atom. The summed E-state index contributed by atoms with van der Waals surface area (Å²) < 4.78 is 5.86. The van der Waals surface area contributed by atoms with Gasteiger partial charge in [-0.1, -0.05) is 29.8 Å². The standard InChI is InChI=1S/C17H21NO4/c1-10-4-6-11(7-5-10)15-14(3-2-8-22-15)18-16(19)12-9-13(12)17(20)21/h4-7,12-15H,2-3,8-9H2,1H3,(H,18,19)(H,20,21)/t12-,13+,14+,15+/m1/s1. The summed E-state index contributed by atoms with van der Waals surface area (Å²) in [4.78, 5) is 23.1. The van der Waals surface area contributed by atoms with E-state index in [2.05, 4.69) is 5.32 Å². The van der Waals surface area contributed by atoms with Crippen molar-refractivity contribution >= 4 is 11.9 Å². The number of aliphatic carboxylic acids is 1. The third kappa shape index (κ3) is 3.14. The summed E-state index contributed by atoms with van der Waals surface area (Å²) in [6.07, 6.45) is 2.05. The lowest BCUT2D eigenvalue weighted by Crippen LogP contribution is -2.43. The first kappa shape index (κ1) is 15.0. The number of carbonyl (C=O) groups excluding carboxylic acids is 1. The molecule has 0 spiro atoms. The van der Waals surface area contributed by atoms with E-state index >= 15 is 0 Å². The van der Waals surface area contributed by atoms with Crippen molar-refractivity contribution in [1.29, 1.82) is 0 Å². The lowest BCUT2D eigenvalue weighted by Gasteiger charge is -2.32. The fraction of sp³-hybridized carbons (Fsp3) is 0.529. The highest BCUT2D eigenvalue weighted by Crippen LogP contribution is 2.39. The predicted molar refractivity (Wildman–Crippen MR) is 80.3 cm³/mol. The number of ether oxygens (including phenoxy) is 1. The molecular formula is C17H21NO4. The highest BCUT2D eigenvalue weighted by atomic mass is 16.5. The van der Waals surface area contributed by atoms with E-state index in [9.17, 15) is 9.59 Å². The Bertz CT molecular complexity index is 569. The predicted octanol–water partition coefficient (Wildman–Crippen LogP) is 2.05. The third-order valence-electron chi connectivity index (χ3n) is 4.50. The molecule has 5 nitrogen and oxygen atoms in total. The van der Waals surface area contributed by atoms with E-state index in [1.807, 2.05) is 31.2 Å². The summed E-state index contributed by atoms with van der Waals surface area (Å²) in [5.41, 5.74) is 2.24. The summed E-state index contributed by atoms with van der Waals surface area (Å²) >= 11 is 0. The summed E-state index contributed by atoms with van der Waals surface area (Å²) in [7, 11) is 0. The molecule has 4 atom stereocenters. The van der Waals surface area contributed by atoms with E-state index < -0.39 is 11.9 Å². The second kappa shape index (κ2) is 6.08. The van der Waals surface area contributed by atoms with Gasteiger partial charge in [-0.05, 0) is 31.7 Å². The number of aryl methyl sites for hydroxylation is 1. The van der Waals surface area contributed by atoms with Crippen molar-refractivity contribution in [2.45, 2.75) is 38.3 Å². The molecule has 2 aliphatic rings. The van der Waals surface area contributed by atoms with Crippen LogP contribution in [0.25, 0.3) is 0 Å². The van der Waals surface area contributed by atoms with Gasteiger partial charge in [0.25, 0.3) is 0 Å². The summed E-state index contributed by atoms with van der Waals surface area (Å²) in [6, 6.07) is 8.05. The zero-order valence-electron chi connectivity index (χ0n) is 12.6. The van der Waals surface area contributed by atoms with Gasteiger partial charge in [-0.15, -0.1) is 0 Å². The van der Waals surface area contributed by atoms with E-state index in [-0.39, 0.29) is 24.0 Å². The van der Waals surface area contributed by atoms with Crippen molar-refractivity contribution in [3.8, 4) is 0 Å². The van der Waals surface area contributed by atoms with Crippen LogP contribution in [0.2, 0.25) is 0 Å². The minimum absolute atomic E-state index is 0.0843. The van der Waals surface area contributed by atoms with E-state index in [0.717, 1.165) is 18.4 Å². The molecule has 1 aromatic carbocycles. The molecular weight excluding hydrogens is 282 g/mol. The molecule has 1 amide bonds. The van der Waals surface area contributed by atoms with Crippen LogP contribution >= 0.6 is 0 Å². The number of carbonyl (C=O) groups is 2.